The van der Waals surface area contributed by atoms with Gasteiger partial charge in [0.05, 0.1) is 16.8 Å². The topological polar surface area (TPSA) is 89.3 Å². The number of halogens is 1. The Labute approximate surface area is 155 Å². The molecule has 25 heavy (non-hydrogen) atoms. The first-order valence-corrected chi connectivity index (χ1v) is 11.0. The van der Waals surface area contributed by atoms with Crippen LogP contribution < -0.4 is 5.32 Å². The molecule has 1 aromatic carbocycles. The fourth-order valence-corrected chi connectivity index (χ4v) is 5.52. The molecule has 1 amide bonds. The van der Waals surface area contributed by atoms with Crippen molar-refractivity contribution in [2.45, 2.75) is 36.8 Å². The lowest BCUT2D eigenvalue weighted by atomic mass is 10.1. The van der Waals surface area contributed by atoms with E-state index in [4.69, 9.17) is 16.0 Å². The van der Waals surface area contributed by atoms with Crippen molar-refractivity contribution in [3.8, 4) is 0 Å². The molecule has 1 aliphatic heterocycles. The number of carbonyl (C=O) groups is 1. The number of amides is 1. The maximum Gasteiger partial charge on any atom is 0.257 e. The lowest BCUT2D eigenvalue weighted by Crippen LogP contribution is -2.42. The number of hydrogen-bond acceptors (Lipinski definition) is 6. The van der Waals surface area contributed by atoms with Crippen LogP contribution in [0, 0.1) is 5.92 Å². The monoisotopic (exact) mass is 402 g/mol. The lowest BCUT2D eigenvalue weighted by Gasteiger charge is -2.20. The Kier molecular flexibility index (Phi) is 5.31. The number of oxazole rings is 1. The molecule has 0 spiro atoms. The molecule has 1 N–H and O–H groups in total. The third-order valence-electron chi connectivity index (χ3n) is 4.00. The van der Waals surface area contributed by atoms with E-state index in [1.807, 2.05) is 13.8 Å². The Morgan fingerprint density at radius 2 is 2.20 bits per heavy atom. The first-order valence-electron chi connectivity index (χ1n) is 7.97. The highest BCUT2D eigenvalue weighted by Gasteiger charge is 2.32. The van der Waals surface area contributed by atoms with Gasteiger partial charge in [0.15, 0.2) is 15.4 Å². The highest BCUT2D eigenvalue weighted by Crippen LogP contribution is 2.31. The van der Waals surface area contributed by atoms with Crippen molar-refractivity contribution in [3.05, 3.63) is 23.2 Å². The minimum absolute atomic E-state index is 0.00953. The molecule has 6 nitrogen and oxygen atoms in total. The standard InChI is InChI=1S/C16H19ClN2O4S2/c1-9(2)14(15(20)18-11-5-6-25(21,22)8-11)24-16-19-12-7-10(17)3-4-13(12)23-16/h3-4,7,9,11,14H,5-6,8H2,1-2H3,(H,18,20). The van der Waals surface area contributed by atoms with E-state index < -0.39 is 15.1 Å². The molecule has 2 unspecified atom stereocenters. The molecule has 1 saturated heterocycles. The van der Waals surface area contributed by atoms with Crippen LogP contribution in [0.2, 0.25) is 5.02 Å². The second-order valence-corrected chi connectivity index (χ2v) is 10.2. The lowest BCUT2D eigenvalue weighted by molar-refractivity contribution is -0.121. The number of fused-ring (bicyclic) bond motifs is 1. The van der Waals surface area contributed by atoms with E-state index in [9.17, 15) is 13.2 Å². The SMILES string of the molecule is CC(C)C(Sc1nc2cc(Cl)ccc2o1)C(=O)NC1CCS(=O)(=O)C1. The molecule has 3 rings (SSSR count). The second-order valence-electron chi connectivity index (χ2n) is 6.48. The molecule has 0 saturated carbocycles. The van der Waals surface area contributed by atoms with Gasteiger partial charge < -0.3 is 9.73 Å². The van der Waals surface area contributed by atoms with Crippen LogP contribution in [0.15, 0.2) is 27.8 Å². The number of hydrogen-bond donors (Lipinski definition) is 1. The van der Waals surface area contributed by atoms with Crippen LogP contribution in [-0.4, -0.2) is 42.1 Å². The molecule has 0 bridgehead atoms. The van der Waals surface area contributed by atoms with Crippen molar-refractivity contribution in [3.63, 3.8) is 0 Å². The fraction of sp³-hybridized carbons (Fsp3) is 0.500. The largest absolute Gasteiger partial charge is 0.431 e. The summed E-state index contributed by atoms with van der Waals surface area (Å²) in [6.45, 7) is 3.87. The van der Waals surface area contributed by atoms with Gasteiger partial charge in [0.1, 0.15) is 5.52 Å². The zero-order valence-corrected chi connectivity index (χ0v) is 16.2. The van der Waals surface area contributed by atoms with Gasteiger partial charge in [0, 0.05) is 11.1 Å². The summed E-state index contributed by atoms with van der Waals surface area (Å²) in [6, 6.07) is 4.85. The number of thioether (sulfide) groups is 1. The van der Waals surface area contributed by atoms with Gasteiger partial charge in [-0.25, -0.2) is 13.4 Å². The van der Waals surface area contributed by atoms with Crippen LogP contribution in [0.1, 0.15) is 20.3 Å². The van der Waals surface area contributed by atoms with Gasteiger partial charge >= 0.3 is 0 Å². The van der Waals surface area contributed by atoms with Gasteiger partial charge in [-0.05, 0) is 30.5 Å². The fourth-order valence-electron chi connectivity index (χ4n) is 2.72. The number of sulfone groups is 1. The Balaban J connectivity index is 1.72. The third kappa shape index (κ3) is 4.48. The van der Waals surface area contributed by atoms with Crippen LogP contribution >= 0.6 is 23.4 Å². The smallest absolute Gasteiger partial charge is 0.257 e. The molecule has 1 fully saturated rings. The molecular weight excluding hydrogens is 384 g/mol. The van der Waals surface area contributed by atoms with Crippen molar-refractivity contribution in [2.24, 2.45) is 5.92 Å². The summed E-state index contributed by atoms with van der Waals surface area (Å²) >= 11 is 7.19. The van der Waals surface area contributed by atoms with E-state index in [1.165, 1.54) is 11.8 Å². The minimum Gasteiger partial charge on any atom is -0.431 e. The number of rotatable bonds is 5. The van der Waals surface area contributed by atoms with Gasteiger partial charge in [0.25, 0.3) is 5.22 Å². The van der Waals surface area contributed by atoms with E-state index in [0.29, 0.717) is 27.8 Å². The molecule has 2 atom stereocenters. The summed E-state index contributed by atoms with van der Waals surface area (Å²) in [6.07, 6.45) is 0.463. The Bertz CT molecular complexity index is 895. The first kappa shape index (κ1) is 18.5. The van der Waals surface area contributed by atoms with Crippen molar-refractivity contribution in [1.82, 2.24) is 10.3 Å². The zero-order chi connectivity index (χ0) is 18.2. The summed E-state index contributed by atoms with van der Waals surface area (Å²) in [5.74, 6) is -0.0251. The zero-order valence-electron chi connectivity index (χ0n) is 13.9. The van der Waals surface area contributed by atoms with Gasteiger partial charge in [-0.15, -0.1) is 0 Å². The molecule has 1 aromatic heterocycles. The predicted octanol–water partition coefficient (Wildman–Crippen LogP) is 2.90. The van der Waals surface area contributed by atoms with E-state index in [2.05, 4.69) is 10.3 Å². The third-order valence-corrected chi connectivity index (χ3v) is 7.39. The molecule has 0 radical (unpaired) electrons. The average molecular weight is 403 g/mol. The van der Waals surface area contributed by atoms with Gasteiger partial charge in [0.2, 0.25) is 5.91 Å². The Morgan fingerprint density at radius 1 is 1.44 bits per heavy atom. The van der Waals surface area contributed by atoms with E-state index in [0.717, 1.165) is 0 Å². The highest BCUT2D eigenvalue weighted by atomic mass is 35.5. The summed E-state index contributed by atoms with van der Waals surface area (Å²) in [5.41, 5.74) is 1.25. The van der Waals surface area contributed by atoms with Crippen LogP contribution in [0.5, 0.6) is 0 Å². The van der Waals surface area contributed by atoms with Crippen molar-refractivity contribution in [1.29, 1.82) is 0 Å². The van der Waals surface area contributed by atoms with Crippen molar-refractivity contribution in [2.75, 3.05) is 11.5 Å². The molecule has 136 valence electrons. The Morgan fingerprint density at radius 3 is 2.84 bits per heavy atom. The maximum atomic E-state index is 12.6. The summed E-state index contributed by atoms with van der Waals surface area (Å²) in [4.78, 5) is 17.0. The van der Waals surface area contributed by atoms with Crippen molar-refractivity contribution >= 4 is 50.2 Å². The first-order chi connectivity index (χ1) is 11.7. The second kappa shape index (κ2) is 7.17. The van der Waals surface area contributed by atoms with Crippen LogP contribution in [-0.2, 0) is 14.6 Å². The van der Waals surface area contributed by atoms with E-state index >= 15 is 0 Å². The number of aromatic nitrogens is 1. The van der Waals surface area contributed by atoms with Crippen molar-refractivity contribution < 1.29 is 17.6 Å². The number of nitrogens with zero attached hydrogens (tertiary/aromatic N) is 1. The normalized spacial score (nSPS) is 20.9. The van der Waals surface area contributed by atoms with Crippen LogP contribution in [0.3, 0.4) is 0 Å². The van der Waals surface area contributed by atoms with E-state index in [1.54, 1.807) is 18.2 Å². The molecule has 0 aliphatic carbocycles. The van der Waals surface area contributed by atoms with Gasteiger partial charge in [-0.3, -0.25) is 4.79 Å². The van der Waals surface area contributed by atoms with Crippen LogP contribution in [0.25, 0.3) is 11.1 Å². The molecule has 9 heteroatoms. The number of benzene rings is 1. The molecule has 2 aromatic rings. The van der Waals surface area contributed by atoms with Crippen LogP contribution in [0.4, 0.5) is 0 Å². The highest BCUT2D eigenvalue weighted by molar-refractivity contribution is 8.00. The molecule has 1 aliphatic rings. The molecule has 2 heterocycles. The quantitative estimate of drug-likeness (QED) is 0.773. The molecular formula is C16H19ClN2O4S2. The minimum atomic E-state index is -3.03. The summed E-state index contributed by atoms with van der Waals surface area (Å²) in [5, 5.41) is 3.39. The van der Waals surface area contributed by atoms with Gasteiger partial charge in [-0.2, -0.15) is 0 Å². The summed E-state index contributed by atoms with van der Waals surface area (Å²) < 4.78 is 28.8. The summed E-state index contributed by atoms with van der Waals surface area (Å²) in [7, 11) is -3.03. The number of nitrogens with one attached hydrogen (secondary N) is 1. The predicted molar refractivity (Wildman–Crippen MR) is 98.7 cm³/mol. The van der Waals surface area contributed by atoms with E-state index in [-0.39, 0.29) is 29.4 Å². The maximum absolute atomic E-state index is 12.6. The number of carbonyl (C=O) groups excluding carboxylic acids is 1. The Hall–Kier alpha value is -1.25. The van der Waals surface area contributed by atoms with Gasteiger partial charge in [-0.1, -0.05) is 37.2 Å². The average Bonchev–Trinajstić information content (AvgIpc) is 3.06.